The van der Waals surface area contributed by atoms with Crippen LogP contribution in [-0.4, -0.2) is 5.21 Å². The lowest BCUT2D eigenvalue weighted by Crippen LogP contribution is -2.37. The molecule has 1 aromatic rings. The van der Waals surface area contributed by atoms with E-state index in [1.165, 1.54) is 0 Å². The SMILES string of the molecule is CC[C@H](C)c1c(F)cc(F)c[n+]1O. The maximum absolute atomic E-state index is 13.1. The second kappa shape index (κ2) is 3.68. The van der Waals surface area contributed by atoms with E-state index in [9.17, 15) is 14.0 Å². The summed E-state index contributed by atoms with van der Waals surface area (Å²) in [7, 11) is 0. The normalized spacial score (nSPS) is 12.9. The molecular formula is C9H12F2NO+. The van der Waals surface area contributed by atoms with Crippen molar-refractivity contribution >= 4 is 0 Å². The largest absolute Gasteiger partial charge is 0.285 e. The highest BCUT2D eigenvalue weighted by atomic mass is 19.1. The van der Waals surface area contributed by atoms with Gasteiger partial charge in [0.1, 0.15) is 0 Å². The molecule has 0 amide bonds. The van der Waals surface area contributed by atoms with Gasteiger partial charge < -0.3 is 0 Å². The number of aromatic nitrogens is 1. The Hall–Kier alpha value is -1.19. The highest BCUT2D eigenvalue weighted by molar-refractivity contribution is 5.06. The minimum atomic E-state index is -0.785. The van der Waals surface area contributed by atoms with Crippen molar-refractivity contribution in [1.82, 2.24) is 0 Å². The van der Waals surface area contributed by atoms with Gasteiger partial charge in [-0.15, -0.1) is 0 Å². The lowest BCUT2D eigenvalue weighted by Gasteiger charge is -2.04. The van der Waals surface area contributed by atoms with Gasteiger partial charge in [-0.05, 0) is 6.42 Å². The van der Waals surface area contributed by atoms with Crippen LogP contribution in [0, 0.1) is 11.6 Å². The molecule has 1 aromatic heterocycles. The maximum Gasteiger partial charge on any atom is 0.272 e. The van der Waals surface area contributed by atoms with E-state index in [1.807, 2.05) is 6.92 Å². The zero-order chi connectivity index (χ0) is 10.0. The minimum Gasteiger partial charge on any atom is -0.285 e. The van der Waals surface area contributed by atoms with Crippen molar-refractivity contribution in [2.24, 2.45) is 0 Å². The van der Waals surface area contributed by atoms with Crippen molar-refractivity contribution in [3.8, 4) is 0 Å². The van der Waals surface area contributed by atoms with Crippen molar-refractivity contribution in [3.63, 3.8) is 0 Å². The quantitative estimate of drug-likeness (QED) is 0.557. The monoisotopic (exact) mass is 188 g/mol. The van der Waals surface area contributed by atoms with Gasteiger partial charge in [0.25, 0.3) is 11.9 Å². The van der Waals surface area contributed by atoms with E-state index in [-0.39, 0.29) is 11.6 Å². The lowest BCUT2D eigenvalue weighted by molar-refractivity contribution is -0.912. The molecule has 0 radical (unpaired) electrons. The number of rotatable bonds is 2. The van der Waals surface area contributed by atoms with E-state index in [0.717, 1.165) is 12.3 Å². The molecule has 2 nitrogen and oxygen atoms in total. The Balaban J connectivity index is 3.20. The van der Waals surface area contributed by atoms with Gasteiger partial charge in [0.15, 0.2) is 11.6 Å². The predicted octanol–water partition coefficient (Wildman–Crippen LogP) is 2.00. The molecule has 1 rings (SSSR count). The van der Waals surface area contributed by atoms with E-state index in [2.05, 4.69) is 0 Å². The van der Waals surface area contributed by atoms with Gasteiger partial charge in [-0.25, -0.2) is 4.39 Å². The molecule has 0 aromatic carbocycles. The Morgan fingerprint density at radius 2 is 2.15 bits per heavy atom. The lowest BCUT2D eigenvalue weighted by atomic mass is 10.0. The third-order valence-corrected chi connectivity index (χ3v) is 2.08. The summed E-state index contributed by atoms with van der Waals surface area (Å²) in [6, 6.07) is 0.772. The summed E-state index contributed by atoms with van der Waals surface area (Å²) in [5, 5.41) is 9.21. The van der Waals surface area contributed by atoms with Gasteiger partial charge >= 0.3 is 0 Å². The molecule has 1 atom stereocenters. The maximum atomic E-state index is 13.1. The first kappa shape index (κ1) is 9.89. The van der Waals surface area contributed by atoms with E-state index in [0.29, 0.717) is 11.2 Å². The molecule has 4 heteroatoms. The number of pyridine rings is 1. The van der Waals surface area contributed by atoms with Gasteiger partial charge in [0.2, 0.25) is 0 Å². The van der Waals surface area contributed by atoms with Crippen LogP contribution in [0.3, 0.4) is 0 Å². The molecule has 1 heterocycles. The van der Waals surface area contributed by atoms with E-state index in [4.69, 9.17) is 0 Å². The zero-order valence-electron chi connectivity index (χ0n) is 7.59. The molecule has 0 aliphatic carbocycles. The second-order valence-corrected chi connectivity index (χ2v) is 3.05. The molecule has 0 aliphatic rings. The summed E-state index contributed by atoms with van der Waals surface area (Å²) >= 11 is 0. The first-order valence-electron chi connectivity index (χ1n) is 4.16. The third kappa shape index (κ3) is 1.94. The first-order chi connectivity index (χ1) is 6.06. The van der Waals surface area contributed by atoms with Gasteiger partial charge in [-0.2, -0.15) is 4.39 Å². The third-order valence-electron chi connectivity index (χ3n) is 2.08. The summed E-state index contributed by atoms with van der Waals surface area (Å²) < 4.78 is 26.2. The molecule has 1 N–H and O–H groups in total. The van der Waals surface area contributed by atoms with Crippen molar-refractivity contribution in [1.29, 1.82) is 0 Å². The van der Waals surface area contributed by atoms with Crippen LogP contribution in [0.15, 0.2) is 12.3 Å². The topological polar surface area (TPSA) is 24.1 Å². The van der Waals surface area contributed by atoms with E-state index in [1.54, 1.807) is 6.92 Å². The molecule has 0 unspecified atom stereocenters. The first-order valence-corrected chi connectivity index (χ1v) is 4.16. The standard InChI is InChI=1S/C9H12F2NO/c1-3-6(2)9-8(11)4-7(10)5-12(9)13/h4-6,13H,3H2,1-2H3/q+1/t6-/m0/s1. The van der Waals surface area contributed by atoms with Gasteiger partial charge in [0.05, 0.1) is 0 Å². The average molecular weight is 188 g/mol. The highest BCUT2D eigenvalue weighted by Gasteiger charge is 2.24. The van der Waals surface area contributed by atoms with Crippen LogP contribution >= 0.6 is 0 Å². The van der Waals surface area contributed by atoms with Crippen LogP contribution in [0.4, 0.5) is 8.78 Å². The van der Waals surface area contributed by atoms with Crippen LogP contribution in [0.25, 0.3) is 0 Å². The molecule has 0 spiro atoms. The fourth-order valence-electron chi connectivity index (χ4n) is 1.18. The Bertz CT molecular complexity index is 291. The molecule has 0 fully saturated rings. The molecular weight excluding hydrogens is 176 g/mol. The molecule has 0 saturated heterocycles. The smallest absolute Gasteiger partial charge is 0.272 e. The summed E-state index contributed by atoms with van der Waals surface area (Å²) in [6.45, 7) is 3.64. The fourth-order valence-corrected chi connectivity index (χ4v) is 1.18. The average Bonchev–Trinajstić information content (AvgIpc) is 2.02. The summed E-state index contributed by atoms with van der Waals surface area (Å²) in [6.07, 6.45) is 1.54. The van der Waals surface area contributed by atoms with Crippen LogP contribution in [-0.2, 0) is 0 Å². The molecule has 0 bridgehead atoms. The number of hydrogen-bond donors (Lipinski definition) is 1. The van der Waals surface area contributed by atoms with Crippen LogP contribution in [0.2, 0.25) is 0 Å². The Morgan fingerprint density at radius 3 is 2.62 bits per heavy atom. The molecule has 13 heavy (non-hydrogen) atoms. The van der Waals surface area contributed by atoms with Crippen molar-refractivity contribution in [2.45, 2.75) is 26.2 Å². The van der Waals surface area contributed by atoms with Crippen molar-refractivity contribution < 1.29 is 18.7 Å². The fraction of sp³-hybridized carbons (Fsp3) is 0.444. The van der Waals surface area contributed by atoms with Crippen LogP contribution in [0.5, 0.6) is 0 Å². The number of nitrogens with zero attached hydrogens (tertiary/aromatic N) is 1. The summed E-state index contributed by atoms with van der Waals surface area (Å²) in [5.41, 5.74) is 0.115. The van der Waals surface area contributed by atoms with Crippen molar-refractivity contribution in [2.75, 3.05) is 0 Å². The van der Waals surface area contributed by atoms with Crippen LogP contribution in [0.1, 0.15) is 31.9 Å². The Morgan fingerprint density at radius 1 is 1.54 bits per heavy atom. The van der Waals surface area contributed by atoms with Gasteiger partial charge in [-0.1, -0.05) is 13.8 Å². The van der Waals surface area contributed by atoms with Gasteiger partial charge in [0, 0.05) is 16.7 Å². The van der Waals surface area contributed by atoms with Gasteiger partial charge in [-0.3, -0.25) is 5.21 Å². The number of halogens is 2. The van der Waals surface area contributed by atoms with Crippen LogP contribution < -0.4 is 4.73 Å². The van der Waals surface area contributed by atoms with Crippen molar-refractivity contribution in [3.05, 3.63) is 29.6 Å². The molecule has 72 valence electrons. The summed E-state index contributed by atoms with van der Waals surface area (Å²) in [5.74, 6) is -1.63. The zero-order valence-corrected chi connectivity index (χ0v) is 7.59. The highest BCUT2D eigenvalue weighted by Crippen LogP contribution is 2.17. The molecule has 0 aliphatic heterocycles. The number of hydrogen-bond acceptors (Lipinski definition) is 1. The minimum absolute atomic E-state index is 0.115. The van der Waals surface area contributed by atoms with E-state index >= 15 is 0 Å². The predicted molar refractivity (Wildman–Crippen MR) is 42.4 cm³/mol. The van der Waals surface area contributed by atoms with E-state index < -0.39 is 11.6 Å². The second-order valence-electron chi connectivity index (χ2n) is 3.05. The Labute approximate surface area is 75.4 Å². The summed E-state index contributed by atoms with van der Waals surface area (Å²) in [4.78, 5) is 0. The Kier molecular flexibility index (Phi) is 2.80. The molecule has 0 saturated carbocycles.